The zero-order valence-corrected chi connectivity index (χ0v) is 17.9. The van der Waals surface area contributed by atoms with Crippen LogP contribution in [-0.4, -0.2) is 20.9 Å². The van der Waals surface area contributed by atoms with Crippen molar-refractivity contribution in [3.05, 3.63) is 83.4 Å². The third-order valence-electron chi connectivity index (χ3n) is 4.51. The molecule has 3 rings (SSSR count). The Hall–Kier alpha value is -3.32. The lowest BCUT2D eigenvalue weighted by Gasteiger charge is -2.14. The van der Waals surface area contributed by atoms with E-state index in [0.29, 0.717) is 34.9 Å². The van der Waals surface area contributed by atoms with Crippen LogP contribution in [0.1, 0.15) is 28.4 Å². The number of amides is 1. The van der Waals surface area contributed by atoms with Crippen LogP contribution in [0.2, 0.25) is 0 Å². The van der Waals surface area contributed by atoms with Gasteiger partial charge in [0, 0.05) is 5.56 Å². The highest BCUT2D eigenvalue weighted by atomic mass is 32.2. The van der Waals surface area contributed by atoms with Crippen LogP contribution >= 0.6 is 0 Å². The van der Waals surface area contributed by atoms with E-state index in [1.54, 1.807) is 61.5 Å². The van der Waals surface area contributed by atoms with Crippen molar-refractivity contribution in [1.29, 1.82) is 0 Å². The number of nitrogens with one attached hydrogen (secondary N) is 2. The van der Waals surface area contributed by atoms with Gasteiger partial charge in [-0.15, -0.1) is 0 Å². The van der Waals surface area contributed by atoms with Crippen molar-refractivity contribution >= 4 is 27.3 Å². The minimum absolute atomic E-state index is 0.160. The van der Waals surface area contributed by atoms with E-state index in [0.717, 1.165) is 5.56 Å². The summed E-state index contributed by atoms with van der Waals surface area (Å²) in [5, 5.41) is 2.82. The number of benzene rings is 3. The molecule has 3 aromatic rings. The summed E-state index contributed by atoms with van der Waals surface area (Å²) in [6.45, 7) is 6.01. The largest absolute Gasteiger partial charge is 0.492 e. The van der Waals surface area contributed by atoms with Crippen molar-refractivity contribution < 1.29 is 17.9 Å². The molecular weight excluding hydrogens is 400 g/mol. The number of aryl methyl sites for hydroxylation is 2. The monoisotopic (exact) mass is 424 g/mol. The Morgan fingerprint density at radius 3 is 2.33 bits per heavy atom. The van der Waals surface area contributed by atoms with Gasteiger partial charge in [0.2, 0.25) is 0 Å². The summed E-state index contributed by atoms with van der Waals surface area (Å²) >= 11 is 0. The van der Waals surface area contributed by atoms with E-state index < -0.39 is 10.0 Å². The molecule has 0 spiro atoms. The van der Waals surface area contributed by atoms with Crippen LogP contribution in [0.4, 0.5) is 11.4 Å². The quantitative estimate of drug-likeness (QED) is 0.573. The molecule has 2 N–H and O–H groups in total. The Kier molecular flexibility index (Phi) is 6.42. The number of sulfonamides is 1. The molecule has 0 bridgehead atoms. The number of carbonyl (C=O) groups is 1. The third-order valence-corrected chi connectivity index (χ3v) is 5.89. The molecule has 0 saturated heterocycles. The van der Waals surface area contributed by atoms with Gasteiger partial charge < -0.3 is 10.1 Å². The summed E-state index contributed by atoms with van der Waals surface area (Å²) < 4.78 is 33.6. The molecule has 3 aromatic carbocycles. The third kappa shape index (κ3) is 4.99. The van der Waals surface area contributed by atoms with Gasteiger partial charge in [-0.3, -0.25) is 9.52 Å². The van der Waals surface area contributed by atoms with Crippen LogP contribution in [-0.2, 0) is 10.0 Å². The Bertz CT molecular complexity index is 1160. The number of anilines is 2. The van der Waals surface area contributed by atoms with Crippen LogP contribution in [0.15, 0.2) is 71.6 Å². The predicted molar refractivity (Wildman–Crippen MR) is 119 cm³/mol. The fraction of sp³-hybridized carbons (Fsp3) is 0.174. The highest BCUT2D eigenvalue weighted by Crippen LogP contribution is 2.26. The fourth-order valence-corrected chi connectivity index (χ4v) is 3.96. The summed E-state index contributed by atoms with van der Waals surface area (Å²) in [6.07, 6.45) is 0. The Morgan fingerprint density at radius 1 is 0.933 bits per heavy atom. The van der Waals surface area contributed by atoms with Gasteiger partial charge in [0.15, 0.2) is 0 Å². The molecule has 7 heteroatoms. The minimum atomic E-state index is -3.77. The van der Waals surface area contributed by atoms with Crippen molar-refractivity contribution in [1.82, 2.24) is 0 Å². The molecule has 0 unspecified atom stereocenters. The summed E-state index contributed by atoms with van der Waals surface area (Å²) in [4.78, 5) is 12.9. The molecule has 0 aromatic heterocycles. The van der Waals surface area contributed by atoms with E-state index in [-0.39, 0.29) is 10.8 Å². The molecule has 30 heavy (non-hydrogen) atoms. The number of hydrogen-bond donors (Lipinski definition) is 2. The Morgan fingerprint density at radius 2 is 1.63 bits per heavy atom. The van der Waals surface area contributed by atoms with Crippen molar-refractivity contribution in [2.45, 2.75) is 25.7 Å². The fourth-order valence-electron chi connectivity index (χ4n) is 2.84. The van der Waals surface area contributed by atoms with Crippen LogP contribution < -0.4 is 14.8 Å². The van der Waals surface area contributed by atoms with E-state index in [1.807, 2.05) is 19.9 Å². The smallest absolute Gasteiger partial charge is 0.261 e. The molecular formula is C23H24N2O4S. The molecule has 0 aliphatic heterocycles. The number of hydrogen-bond acceptors (Lipinski definition) is 4. The van der Waals surface area contributed by atoms with Crippen LogP contribution in [0.25, 0.3) is 0 Å². The van der Waals surface area contributed by atoms with Gasteiger partial charge in [-0.2, -0.15) is 0 Å². The number of para-hydroxylation sites is 2. The molecule has 0 atom stereocenters. The summed E-state index contributed by atoms with van der Waals surface area (Å²) in [6, 6.07) is 18.6. The lowest BCUT2D eigenvalue weighted by molar-refractivity contribution is 0.102. The Labute approximate surface area is 177 Å². The molecule has 6 nitrogen and oxygen atoms in total. The van der Waals surface area contributed by atoms with E-state index in [9.17, 15) is 13.2 Å². The van der Waals surface area contributed by atoms with E-state index in [2.05, 4.69) is 10.0 Å². The van der Waals surface area contributed by atoms with Gasteiger partial charge >= 0.3 is 0 Å². The van der Waals surface area contributed by atoms with E-state index >= 15 is 0 Å². The maximum atomic E-state index is 12.8. The van der Waals surface area contributed by atoms with Crippen LogP contribution in [0.3, 0.4) is 0 Å². The first-order valence-electron chi connectivity index (χ1n) is 9.53. The van der Waals surface area contributed by atoms with Crippen molar-refractivity contribution in [2.24, 2.45) is 0 Å². The molecule has 0 aliphatic rings. The predicted octanol–water partition coefficient (Wildman–Crippen LogP) is 4.76. The molecule has 0 aliphatic carbocycles. The first kappa shape index (κ1) is 21.4. The van der Waals surface area contributed by atoms with Gasteiger partial charge in [0.1, 0.15) is 5.75 Å². The number of carbonyl (C=O) groups excluding carboxylic acids is 1. The second kappa shape index (κ2) is 9.00. The zero-order chi connectivity index (χ0) is 21.7. The maximum Gasteiger partial charge on any atom is 0.261 e. The number of rotatable bonds is 7. The highest BCUT2D eigenvalue weighted by Gasteiger charge is 2.17. The second-order valence-corrected chi connectivity index (χ2v) is 8.51. The summed E-state index contributed by atoms with van der Waals surface area (Å²) in [7, 11) is -3.77. The van der Waals surface area contributed by atoms with Gasteiger partial charge in [0.05, 0.1) is 22.9 Å². The van der Waals surface area contributed by atoms with Crippen LogP contribution in [0, 0.1) is 13.8 Å². The molecule has 1 amide bonds. The average Bonchev–Trinajstić information content (AvgIpc) is 2.71. The summed E-state index contributed by atoms with van der Waals surface area (Å²) in [5.41, 5.74) is 2.90. The minimum Gasteiger partial charge on any atom is -0.492 e. The topological polar surface area (TPSA) is 84.5 Å². The van der Waals surface area contributed by atoms with Crippen LogP contribution in [0.5, 0.6) is 5.75 Å². The summed E-state index contributed by atoms with van der Waals surface area (Å²) in [5.74, 6) is 0.207. The molecule has 0 fully saturated rings. The van der Waals surface area contributed by atoms with Gasteiger partial charge in [0.25, 0.3) is 15.9 Å². The molecule has 156 valence electrons. The van der Waals surface area contributed by atoms with Crippen molar-refractivity contribution in [2.75, 3.05) is 16.6 Å². The van der Waals surface area contributed by atoms with Crippen molar-refractivity contribution in [3.63, 3.8) is 0 Å². The van der Waals surface area contributed by atoms with E-state index in [4.69, 9.17) is 4.74 Å². The molecule has 0 saturated carbocycles. The SMILES string of the molecule is CCOc1ccccc1NC(=O)c1ccc(C)c(NS(=O)(=O)c2ccc(C)cc2)c1. The van der Waals surface area contributed by atoms with Gasteiger partial charge in [-0.1, -0.05) is 35.9 Å². The van der Waals surface area contributed by atoms with Gasteiger partial charge in [-0.25, -0.2) is 8.42 Å². The molecule has 0 radical (unpaired) electrons. The first-order valence-corrected chi connectivity index (χ1v) is 11.0. The second-order valence-electron chi connectivity index (χ2n) is 6.83. The Balaban J connectivity index is 1.84. The lowest BCUT2D eigenvalue weighted by Crippen LogP contribution is -2.16. The first-order chi connectivity index (χ1) is 14.3. The average molecular weight is 425 g/mol. The zero-order valence-electron chi connectivity index (χ0n) is 17.1. The molecule has 0 heterocycles. The normalized spacial score (nSPS) is 11.0. The maximum absolute atomic E-state index is 12.8. The standard InChI is InChI=1S/C23H24N2O4S/c1-4-29-22-8-6-5-7-20(22)24-23(26)18-12-11-17(3)21(15-18)25-30(27,28)19-13-9-16(2)10-14-19/h5-15,25H,4H2,1-3H3,(H,24,26). The number of ether oxygens (including phenoxy) is 1. The van der Waals surface area contributed by atoms with E-state index in [1.165, 1.54) is 6.07 Å². The lowest BCUT2D eigenvalue weighted by atomic mass is 10.1. The van der Waals surface area contributed by atoms with Crippen molar-refractivity contribution in [3.8, 4) is 5.75 Å². The van der Waals surface area contributed by atoms with Gasteiger partial charge in [-0.05, 0) is 62.7 Å². The highest BCUT2D eigenvalue weighted by molar-refractivity contribution is 7.92.